The van der Waals surface area contributed by atoms with Crippen LogP contribution in [0.15, 0.2) is 33.5 Å². The molecule has 2 amide bonds. The number of carbonyl (C=O) groups excluding carboxylic acids is 2. The molecule has 1 fully saturated rings. The molecule has 0 unspecified atom stereocenters. The largest absolute Gasteiger partial charge is 0.342 e. The summed E-state index contributed by atoms with van der Waals surface area (Å²) in [6.45, 7) is 3.75. The fourth-order valence-corrected chi connectivity index (χ4v) is 4.14. The molecule has 2 aliphatic rings. The van der Waals surface area contributed by atoms with Gasteiger partial charge in [0, 0.05) is 29.7 Å². The number of rotatable bonds is 3. The topological polar surface area (TPSA) is 107 Å². The molecule has 1 aromatic heterocycles. The summed E-state index contributed by atoms with van der Waals surface area (Å²) in [6, 6.07) is 7.10. The highest BCUT2D eigenvalue weighted by Gasteiger charge is 2.35. The summed E-state index contributed by atoms with van der Waals surface area (Å²) >= 11 is 3.35. The number of piperidine rings is 1. The molecule has 3 N–H and O–H groups in total. The number of nitrogens with one attached hydrogen (secondary N) is 3. The van der Waals surface area contributed by atoms with Crippen LogP contribution in [0, 0.1) is 5.92 Å². The highest BCUT2D eigenvalue weighted by molar-refractivity contribution is 9.10. The summed E-state index contributed by atoms with van der Waals surface area (Å²) < 4.78 is 0.887. The summed E-state index contributed by atoms with van der Waals surface area (Å²) in [5.41, 5.74) is 0.404. The first-order valence-electron chi connectivity index (χ1n) is 9.66. The average Bonchev–Trinajstić information content (AvgIpc) is 2.68. The zero-order valence-corrected chi connectivity index (χ0v) is 17.6. The van der Waals surface area contributed by atoms with E-state index in [9.17, 15) is 14.4 Å². The van der Waals surface area contributed by atoms with Gasteiger partial charge in [-0.25, -0.2) is 0 Å². The fourth-order valence-electron chi connectivity index (χ4n) is 3.88. The molecule has 2 atom stereocenters. The van der Waals surface area contributed by atoms with Gasteiger partial charge in [-0.1, -0.05) is 22.9 Å². The van der Waals surface area contributed by atoms with Gasteiger partial charge in [-0.05, 0) is 43.0 Å². The maximum absolute atomic E-state index is 12.9. The molecule has 2 aromatic rings. The number of hydrogen-bond acceptors (Lipinski definition) is 5. The number of amides is 2. The van der Waals surface area contributed by atoms with Crippen LogP contribution in [-0.2, 0) is 9.59 Å². The molecule has 152 valence electrons. The van der Waals surface area contributed by atoms with Crippen molar-refractivity contribution in [2.45, 2.75) is 32.1 Å². The van der Waals surface area contributed by atoms with Crippen LogP contribution in [0.4, 0.5) is 17.5 Å². The molecule has 0 saturated carbocycles. The Morgan fingerprint density at radius 1 is 1.28 bits per heavy atom. The molecule has 0 aliphatic carbocycles. The third kappa shape index (κ3) is 4.19. The maximum atomic E-state index is 12.9. The number of anilines is 3. The van der Waals surface area contributed by atoms with Gasteiger partial charge >= 0.3 is 0 Å². The van der Waals surface area contributed by atoms with E-state index in [0.717, 1.165) is 30.4 Å². The summed E-state index contributed by atoms with van der Waals surface area (Å²) in [7, 11) is 0. The first-order valence-corrected chi connectivity index (χ1v) is 10.5. The highest BCUT2D eigenvalue weighted by atomic mass is 79.9. The number of fused-ring (bicyclic) bond motifs is 1. The molecule has 9 heteroatoms. The number of benzene rings is 1. The van der Waals surface area contributed by atoms with Crippen LogP contribution in [0.3, 0.4) is 0 Å². The van der Waals surface area contributed by atoms with Gasteiger partial charge in [-0.2, -0.15) is 4.98 Å². The normalized spacial score (nSPS) is 21.3. The molecule has 1 saturated heterocycles. The van der Waals surface area contributed by atoms with Crippen LogP contribution < -0.4 is 21.1 Å². The van der Waals surface area contributed by atoms with Crippen LogP contribution in [-0.4, -0.2) is 34.9 Å². The molecule has 2 aliphatic heterocycles. The third-order valence-corrected chi connectivity index (χ3v) is 5.85. The quantitative estimate of drug-likeness (QED) is 0.653. The van der Waals surface area contributed by atoms with Gasteiger partial charge in [0.2, 0.25) is 17.8 Å². The van der Waals surface area contributed by atoms with E-state index in [0.29, 0.717) is 17.6 Å². The van der Waals surface area contributed by atoms with Crippen LogP contribution in [0.25, 0.3) is 0 Å². The summed E-state index contributed by atoms with van der Waals surface area (Å²) in [6.07, 6.45) is 2.06. The summed E-state index contributed by atoms with van der Waals surface area (Å²) in [4.78, 5) is 47.3. The second kappa shape index (κ2) is 7.98. The van der Waals surface area contributed by atoms with E-state index in [1.807, 2.05) is 4.90 Å². The Morgan fingerprint density at radius 2 is 2.03 bits per heavy atom. The minimum Gasteiger partial charge on any atom is -0.342 e. The van der Waals surface area contributed by atoms with Crippen molar-refractivity contribution in [1.82, 2.24) is 9.97 Å². The van der Waals surface area contributed by atoms with Crippen LogP contribution in [0.5, 0.6) is 0 Å². The molecule has 1 aromatic carbocycles. The molecule has 0 spiro atoms. The molecule has 29 heavy (non-hydrogen) atoms. The van der Waals surface area contributed by atoms with Crippen molar-refractivity contribution in [3.05, 3.63) is 44.7 Å². The van der Waals surface area contributed by atoms with Crippen molar-refractivity contribution in [3.63, 3.8) is 0 Å². The number of H-pyrrole nitrogens is 1. The van der Waals surface area contributed by atoms with E-state index in [-0.39, 0.29) is 29.3 Å². The Hall–Kier alpha value is -2.68. The van der Waals surface area contributed by atoms with Crippen LogP contribution in [0.2, 0.25) is 0 Å². The van der Waals surface area contributed by atoms with Gasteiger partial charge in [-0.3, -0.25) is 19.4 Å². The second-order valence-electron chi connectivity index (χ2n) is 7.65. The average molecular weight is 460 g/mol. The van der Waals surface area contributed by atoms with E-state index >= 15 is 0 Å². The fraction of sp³-hybridized carbons (Fsp3) is 0.400. The molecule has 4 rings (SSSR count). The Bertz CT molecular complexity index is 1000. The lowest BCUT2D eigenvalue weighted by Crippen LogP contribution is -2.40. The molecule has 0 bridgehead atoms. The standard InChI is InChI=1S/C20H22BrN5O3/c1-11-3-2-8-26(10-11)20-24-17-16(19(29)25-20)14(9-15(27)23-17)18(28)22-13-6-4-12(21)5-7-13/h4-7,11,14H,2-3,8-10H2,1H3,(H,22,28)(H2,23,24,25,27,29)/t11-,14-/m1/s1. The highest BCUT2D eigenvalue weighted by Crippen LogP contribution is 2.31. The molecule has 0 radical (unpaired) electrons. The predicted molar refractivity (Wildman–Crippen MR) is 114 cm³/mol. The van der Waals surface area contributed by atoms with Crippen molar-refractivity contribution in [2.24, 2.45) is 5.92 Å². The SMILES string of the molecule is C[C@@H]1CCCN(c2nc3c(c(=O)[nH]2)[C@H](C(=O)Nc2ccc(Br)cc2)CC(=O)N3)C1. The van der Waals surface area contributed by atoms with Gasteiger partial charge in [0.1, 0.15) is 5.82 Å². The van der Waals surface area contributed by atoms with Gasteiger partial charge in [-0.15, -0.1) is 0 Å². The lowest BCUT2D eigenvalue weighted by atomic mass is 9.92. The van der Waals surface area contributed by atoms with Crippen molar-refractivity contribution in [3.8, 4) is 0 Å². The number of halogens is 1. The first-order chi connectivity index (χ1) is 13.9. The Balaban J connectivity index is 1.63. The third-order valence-electron chi connectivity index (χ3n) is 5.32. The zero-order chi connectivity index (χ0) is 20.5. The maximum Gasteiger partial charge on any atom is 0.258 e. The Kier molecular flexibility index (Phi) is 5.40. The van der Waals surface area contributed by atoms with E-state index in [2.05, 4.69) is 43.5 Å². The van der Waals surface area contributed by atoms with Gasteiger partial charge in [0.15, 0.2) is 0 Å². The molecular formula is C20H22BrN5O3. The number of aromatic nitrogens is 2. The van der Waals surface area contributed by atoms with E-state index in [4.69, 9.17) is 0 Å². The van der Waals surface area contributed by atoms with Crippen molar-refractivity contribution in [1.29, 1.82) is 0 Å². The lowest BCUT2D eigenvalue weighted by molar-refractivity contribution is -0.123. The number of carbonyl (C=O) groups is 2. The van der Waals surface area contributed by atoms with E-state index < -0.39 is 11.8 Å². The Morgan fingerprint density at radius 3 is 2.76 bits per heavy atom. The number of hydrogen-bond donors (Lipinski definition) is 3. The Labute approximate surface area is 176 Å². The second-order valence-corrected chi connectivity index (χ2v) is 8.56. The number of aromatic amines is 1. The van der Waals surface area contributed by atoms with Crippen molar-refractivity contribution in [2.75, 3.05) is 28.6 Å². The van der Waals surface area contributed by atoms with Crippen molar-refractivity contribution < 1.29 is 9.59 Å². The van der Waals surface area contributed by atoms with E-state index in [1.54, 1.807) is 24.3 Å². The minimum absolute atomic E-state index is 0.0970. The predicted octanol–water partition coefficient (Wildman–Crippen LogP) is 2.83. The van der Waals surface area contributed by atoms with Crippen LogP contribution >= 0.6 is 15.9 Å². The zero-order valence-electron chi connectivity index (χ0n) is 16.0. The smallest absolute Gasteiger partial charge is 0.258 e. The van der Waals surface area contributed by atoms with Crippen molar-refractivity contribution >= 4 is 45.2 Å². The first kappa shape index (κ1) is 19.6. The van der Waals surface area contributed by atoms with Crippen LogP contribution in [0.1, 0.15) is 37.7 Å². The van der Waals surface area contributed by atoms with E-state index in [1.165, 1.54) is 0 Å². The molecule has 8 nitrogen and oxygen atoms in total. The minimum atomic E-state index is -0.895. The monoisotopic (exact) mass is 459 g/mol. The lowest BCUT2D eigenvalue weighted by Gasteiger charge is -2.32. The number of nitrogens with zero attached hydrogens (tertiary/aromatic N) is 2. The van der Waals surface area contributed by atoms with Gasteiger partial charge in [0.25, 0.3) is 5.56 Å². The summed E-state index contributed by atoms with van der Waals surface area (Å²) in [5.74, 6) is -0.513. The molecule has 3 heterocycles. The van der Waals surface area contributed by atoms with Gasteiger partial charge < -0.3 is 15.5 Å². The molecular weight excluding hydrogens is 438 g/mol. The summed E-state index contributed by atoms with van der Waals surface area (Å²) in [5, 5.41) is 5.45. The van der Waals surface area contributed by atoms with Gasteiger partial charge in [0.05, 0.1) is 11.5 Å².